The second-order valence-corrected chi connectivity index (χ2v) is 3.45. The molecule has 0 saturated heterocycles. The van der Waals surface area contributed by atoms with Crippen molar-refractivity contribution in [1.82, 2.24) is 0 Å². The van der Waals surface area contributed by atoms with Gasteiger partial charge in [-0.2, -0.15) is 0 Å². The first-order chi connectivity index (χ1) is 7.79. The molecule has 0 bridgehead atoms. The summed E-state index contributed by atoms with van der Waals surface area (Å²) >= 11 is 0. The molecule has 0 unspecified atom stereocenters. The number of hydrogen-bond donors (Lipinski definition) is 0. The summed E-state index contributed by atoms with van der Waals surface area (Å²) in [6, 6.07) is 12.6. The van der Waals surface area contributed by atoms with Gasteiger partial charge in [0.25, 0.3) is 0 Å². The fourth-order valence-electron chi connectivity index (χ4n) is 1.60. The van der Waals surface area contributed by atoms with Crippen LogP contribution in [0.25, 0.3) is 10.8 Å². The second-order valence-electron chi connectivity index (χ2n) is 3.45. The van der Waals surface area contributed by atoms with Crippen LogP contribution in [0.2, 0.25) is 0 Å². The van der Waals surface area contributed by atoms with E-state index in [2.05, 4.69) is 37.3 Å². The molecule has 0 aliphatic carbocycles. The molecule has 1 heteroatoms. The summed E-state index contributed by atoms with van der Waals surface area (Å²) in [5, 5.41) is 2.51. The van der Waals surface area contributed by atoms with Crippen LogP contribution in [0.15, 0.2) is 36.4 Å². The third-order valence-electron chi connectivity index (χ3n) is 2.28. The number of ether oxygens (including phenoxy) is 1. The fraction of sp³-hybridized carbons (Fsp3) is 0.333. The zero-order valence-electron chi connectivity index (χ0n) is 10.6. The average molecular weight is 216 g/mol. The lowest BCUT2D eigenvalue weighted by molar-refractivity contribution is 0.341. The Hall–Kier alpha value is -1.50. The van der Waals surface area contributed by atoms with Gasteiger partial charge < -0.3 is 4.74 Å². The number of fused-ring (bicyclic) bond motifs is 1. The van der Waals surface area contributed by atoms with Crippen molar-refractivity contribution in [1.29, 1.82) is 0 Å². The van der Waals surface area contributed by atoms with Gasteiger partial charge in [0.2, 0.25) is 0 Å². The summed E-state index contributed by atoms with van der Waals surface area (Å²) in [4.78, 5) is 0. The van der Waals surface area contributed by atoms with Crippen molar-refractivity contribution in [2.24, 2.45) is 0 Å². The van der Waals surface area contributed by atoms with E-state index in [4.69, 9.17) is 4.74 Å². The average Bonchev–Trinajstić information content (AvgIpc) is 2.32. The molecule has 2 rings (SSSR count). The van der Waals surface area contributed by atoms with Gasteiger partial charge >= 0.3 is 0 Å². The van der Waals surface area contributed by atoms with Crippen LogP contribution in [0.3, 0.4) is 0 Å². The van der Waals surface area contributed by atoms with Gasteiger partial charge in [0.1, 0.15) is 5.75 Å². The molecule has 86 valence electrons. The molecule has 2 aromatic carbocycles. The van der Waals surface area contributed by atoms with Gasteiger partial charge in [-0.15, -0.1) is 0 Å². The minimum atomic E-state index is 0.720. The van der Waals surface area contributed by atoms with Crippen molar-refractivity contribution in [3.63, 3.8) is 0 Å². The molecule has 0 spiro atoms. The van der Waals surface area contributed by atoms with E-state index >= 15 is 0 Å². The van der Waals surface area contributed by atoms with Crippen molar-refractivity contribution >= 4 is 10.8 Å². The molecular formula is C15H20O. The van der Waals surface area contributed by atoms with Gasteiger partial charge in [0.05, 0.1) is 6.61 Å². The topological polar surface area (TPSA) is 9.23 Å². The molecule has 0 N–H and O–H groups in total. The highest BCUT2D eigenvalue weighted by Crippen LogP contribution is 2.21. The number of benzene rings is 2. The van der Waals surface area contributed by atoms with Gasteiger partial charge in [-0.05, 0) is 36.8 Å². The minimum absolute atomic E-state index is 0.720. The van der Waals surface area contributed by atoms with Gasteiger partial charge in [-0.3, -0.25) is 0 Å². The highest BCUT2D eigenvalue weighted by molar-refractivity contribution is 5.84. The third kappa shape index (κ3) is 2.99. The molecule has 0 aliphatic heterocycles. The van der Waals surface area contributed by atoms with Crippen LogP contribution in [-0.2, 0) is 0 Å². The Labute approximate surface area is 98.1 Å². The Balaban J connectivity index is 0.000000606. The van der Waals surface area contributed by atoms with Crippen molar-refractivity contribution < 1.29 is 4.74 Å². The molecule has 0 aliphatic rings. The first-order valence-corrected chi connectivity index (χ1v) is 5.93. The van der Waals surface area contributed by atoms with Gasteiger partial charge in [0.15, 0.2) is 0 Å². The fourth-order valence-corrected chi connectivity index (χ4v) is 1.60. The van der Waals surface area contributed by atoms with Gasteiger partial charge in [0, 0.05) is 0 Å². The molecule has 0 aromatic heterocycles. The largest absolute Gasteiger partial charge is 0.494 e. The summed E-state index contributed by atoms with van der Waals surface area (Å²) in [6.07, 6.45) is 0. The lowest BCUT2D eigenvalue weighted by Crippen LogP contribution is -1.90. The van der Waals surface area contributed by atoms with E-state index in [0.717, 1.165) is 12.4 Å². The van der Waals surface area contributed by atoms with Gasteiger partial charge in [-0.1, -0.05) is 43.7 Å². The SMILES string of the molecule is CC.CCOc1ccc2cc(C)ccc2c1. The van der Waals surface area contributed by atoms with E-state index in [0.29, 0.717) is 0 Å². The smallest absolute Gasteiger partial charge is 0.119 e. The Morgan fingerprint density at radius 3 is 2.25 bits per heavy atom. The van der Waals surface area contributed by atoms with Crippen LogP contribution in [0.1, 0.15) is 26.3 Å². The molecule has 0 heterocycles. The van der Waals surface area contributed by atoms with Crippen LogP contribution in [0.5, 0.6) is 5.75 Å². The summed E-state index contributed by atoms with van der Waals surface area (Å²) in [5.41, 5.74) is 1.29. The van der Waals surface area contributed by atoms with E-state index in [9.17, 15) is 0 Å². The summed E-state index contributed by atoms with van der Waals surface area (Å²) in [7, 11) is 0. The standard InChI is InChI=1S/C13H14O.C2H6/c1-3-14-13-7-6-11-8-10(2)4-5-12(11)9-13;1-2/h4-9H,3H2,1-2H3;1-2H3. The van der Waals surface area contributed by atoms with Gasteiger partial charge in [-0.25, -0.2) is 0 Å². The van der Waals surface area contributed by atoms with Crippen molar-refractivity contribution in [2.75, 3.05) is 6.61 Å². The third-order valence-corrected chi connectivity index (χ3v) is 2.28. The van der Waals surface area contributed by atoms with E-state index < -0.39 is 0 Å². The first kappa shape index (κ1) is 12.6. The molecule has 1 nitrogen and oxygen atoms in total. The molecule has 0 radical (unpaired) electrons. The lowest BCUT2D eigenvalue weighted by atomic mass is 10.1. The Kier molecular flexibility index (Phi) is 4.84. The van der Waals surface area contributed by atoms with Crippen molar-refractivity contribution in [3.05, 3.63) is 42.0 Å². The Morgan fingerprint density at radius 2 is 1.56 bits per heavy atom. The molecule has 0 amide bonds. The van der Waals surface area contributed by atoms with E-state index in [-0.39, 0.29) is 0 Å². The second kappa shape index (κ2) is 6.16. The predicted octanol–water partition coefficient (Wildman–Crippen LogP) is 4.57. The summed E-state index contributed by atoms with van der Waals surface area (Å²) in [5.74, 6) is 0.948. The van der Waals surface area contributed by atoms with Crippen LogP contribution in [0.4, 0.5) is 0 Å². The molecule has 2 aromatic rings. The molecule has 0 fully saturated rings. The number of aryl methyl sites for hydroxylation is 1. The first-order valence-electron chi connectivity index (χ1n) is 5.93. The van der Waals surface area contributed by atoms with Crippen molar-refractivity contribution in [3.8, 4) is 5.75 Å². The minimum Gasteiger partial charge on any atom is -0.494 e. The Morgan fingerprint density at radius 1 is 0.938 bits per heavy atom. The predicted molar refractivity (Wildman–Crippen MR) is 71.2 cm³/mol. The maximum atomic E-state index is 5.44. The highest BCUT2D eigenvalue weighted by atomic mass is 16.5. The maximum absolute atomic E-state index is 5.44. The highest BCUT2D eigenvalue weighted by Gasteiger charge is 1.96. The zero-order chi connectivity index (χ0) is 12.0. The molecule has 0 saturated carbocycles. The summed E-state index contributed by atoms with van der Waals surface area (Å²) < 4.78 is 5.44. The summed E-state index contributed by atoms with van der Waals surface area (Å²) in [6.45, 7) is 8.83. The molecule has 16 heavy (non-hydrogen) atoms. The van der Waals surface area contributed by atoms with Crippen LogP contribution < -0.4 is 4.74 Å². The lowest BCUT2D eigenvalue weighted by Gasteiger charge is -2.04. The number of rotatable bonds is 2. The Bertz CT molecular complexity index is 446. The van der Waals surface area contributed by atoms with Crippen molar-refractivity contribution in [2.45, 2.75) is 27.7 Å². The van der Waals surface area contributed by atoms with Crippen LogP contribution in [-0.4, -0.2) is 6.61 Å². The van der Waals surface area contributed by atoms with E-state index in [1.165, 1.54) is 16.3 Å². The zero-order valence-corrected chi connectivity index (χ0v) is 10.6. The normalized spacial score (nSPS) is 9.50. The molecular weight excluding hydrogens is 196 g/mol. The maximum Gasteiger partial charge on any atom is 0.119 e. The monoisotopic (exact) mass is 216 g/mol. The van der Waals surface area contributed by atoms with E-state index in [1.807, 2.05) is 26.8 Å². The van der Waals surface area contributed by atoms with Crippen LogP contribution in [0, 0.1) is 6.92 Å². The van der Waals surface area contributed by atoms with Crippen LogP contribution >= 0.6 is 0 Å². The molecule has 0 atom stereocenters. The number of hydrogen-bond acceptors (Lipinski definition) is 1. The van der Waals surface area contributed by atoms with E-state index in [1.54, 1.807) is 0 Å². The quantitative estimate of drug-likeness (QED) is 0.714.